The van der Waals surface area contributed by atoms with Crippen LogP contribution in [-0.2, 0) is 6.61 Å². The van der Waals surface area contributed by atoms with Crippen LogP contribution in [0, 0.1) is 0 Å². The molecule has 0 fully saturated rings. The standard InChI is InChI=1S/C18H15NO3/c19-15-5-1-4-14-13(15)3-2-6-16(14)20-10-12-7-8-17-18(9-12)22-11-21-17/h1-9H,10-11,19H2. The first-order chi connectivity index (χ1) is 10.8. The SMILES string of the molecule is Nc1cccc2c(OCc3ccc4c(c3)OCO4)cccc12. The van der Waals surface area contributed by atoms with Crippen molar-refractivity contribution in [1.82, 2.24) is 0 Å². The number of nitrogens with two attached hydrogens (primary N) is 1. The molecular formula is C18H15NO3. The molecule has 22 heavy (non-hydrogen) atoms. The number of benzene rings is 3. The van der Waals surface area contributed by atoms with Gasteiger partial charge < -0.3 is 19.9 Å². The van der Waals surface area contributed by atoms with Gasteiger partial charge in [-0.25, -0.2) is 0 Å². The van der Waals surface area contributed by atoms with Gasteiger partial charge in [0.05, 0.1) is 0 Å². The molecule has 4 nitrogen and oxygen atoms in total. The highest BCUT2D eigenvalue weighted by atomic mass is 16.7. The molecule has 0 unspecified atom stereocenters. The van der Waals surface area contributed by atoms with Gasteiger partial charge in [0.15, 0.2) is 11.5 Å². The summed E-state index contributed by atoms with van der Waals surface area (Å²) in [7, 11) is 0. The summed E-state index contributed by atoms with van der Waals surface area (Å²) in [6, 6.07) is 17.6. The molecule has 2 N–H and O–H groups in total. The number of anilines is 1. The van der Waals surface area contributed by atoms with Crippen LogP contribution < -0.4 is 19.9 Å². The van der Waals surface area contributed by atoms with Gasteiger partial charge in [-0.15, -0.1) is 0 Å². The Balaban J connectivity index is 1.61. The number of hydrogen-bond acceptors (Lipinski definition) is 4. The van der Waals surface area contributed by atoms with E-state index in [0.29, 0.717) is 6.61 Å². The quantitative estimate of drug-likeness (QED) is 0.748. The topological polar surface area (TPSA) is 53.7 Å². The maximum Gasteiger partial charge on any atom is 0.231 e. The molecule has 1 aliphatic heterocycles. The monoisotopic (exact) mass is 293 g/mol. The molecule has 4 heteroatoms. The zero-order valence-corrected chi connectivity index (χ0v) is 11.9. The van der Waals surface area contributed by atoms with E-state index in [4.69, 9.17) is 19.9 Å². The Kier molecular flexibility index (Phi) is 3.00. The van der Waals surface area contributed by atoms with Gasteiger partial charge in [0.2, 0.25) is 6.79 Å². The molecular weight excluding hydrogens is 278 g/mol. The smallest absolute Gasteiger partial charge is 0.231 e. The van der Waals surface area contributed by atoms with Gasteiger partial charge in [-0.2, -0.15) is 0 Å². The minimum absolute atomic E-state index is 0.280. The third-order valence-corrected chi connectivity index (χ3v) is 3.75. The average molecular weight is 293 g/mol. The summed E-state index contributed by atoms with van der Waals surface area (Å²) in [5.41, 5.74) is 7.80. The van der Waals surface area contributed by atoms with Crippen molar-refractivity contribution in [2.75, 3.05) is 12.5 Å². The van der Waals surface area contributed by atoms with Crippen LogP contribution in [-0.4, -0.2) is 6.79 Å². The van der Waals surface area contributed by atoms with Gasteiger partial charge in [0.25, 0.3) is 0 Å². The van der Waals surface area contributed by atoms with Gasteiger partial charge in [-0.3, -0.25) is 0 Å². The molecule has 3 aromatic carbocycles. The molecule has 0 saturated carbocycles. The number of rotatable bonds is 3. The van der Waals surface area contributed by atoms with E-state index in [2.05, 4.69) is 0 Å². The minimum Gasteiger partial charge on any atom is -0.488 e. The van der Waals surface area contributed by atoms with Crippen LogP contribution in [0.1, 0.15) is 5.56 Å². The fourth-order valence-corrected chi connectivity index (χ4v) is 2.62. The fraction of sp³-hybridized carbons (Fsp3) is 0.111. The molecule has 4 rings (SSSR count). The third kappa shape index (κ3) is 2.19. The molecule has 0 aliphatic carbocycles. The summed E-state index contributed by atoms with van der Waals surface area (Å²) < 4.78 is 16.7. The van der Waals surface area contributed by atoms with Crippen LogP contribution in [0.4, 0.5) is 5.69 Å². The van der Waals surface area contributed by atoms with Crippen molar-refractivity contribution in [3.05, 3.63) is 60.2 Å². The first-order valence-corrected chi connectivity index (χ1v) is 7.10. The molecule has 0 amide bonds. The highest BCUT2D eigenvalue weighted by molar-refractivity contribution is 5.96. The number of ether oxygens (including phenoxy) is 3. The number of fused-ring (bicyclic) bond motifs is 2. The molecule has 1 aliphatic rings. The van der Waals surface area contributed by atoms with E-state index < -0.39 is 0 Å². The van der Waals surface area contributed by atoms with Crippen LogP contribution in [0.2, 0.25) is 0 Å². The molecule has 3 aromatic rings. The largest absolute Gasteiger partial charge is 0.488 e. The van der Waals surface area contributed by atoms with Crippen molar-refractivity contribution in [3.8, 4) is 17.2 Å². The summed E-state index contributed by atoms with van der Waals surface area (Å²) in [5.74, 6) is 2.37. The Labute approximate surface area is 128 Å². The van der Waals surface area contributed by atoms with Gasteiger partial charge in [0, 0.05) is 16.5 Å². The highest BCUT2D eigenvalue weighted by Crippen LogP contribution is 2.33. The second kappa shape index (κ2) is 5.15. The van der Waals surface area contributed by atoms with E-state index in [9.17, 15) is 0 Å². The van der Waals surface area contributed by atoms with E-state index in [-0.39, 0.29) is 6.79 Å². The van der Waals surface area contributed by atoms with E-state index in [1.807, 2.05) is 54.6 Å². The van der Waals surface area contributed by atoms with Crippen LogP contribution in [0.15, 0.2) is 54.6 Å². The fourth-order valence-electron chi connectivity index (χ4n) is 2.62. The van der Waals surface area contributed by atoms with Crippen LogP contribution in [0.3, 0.4) is 0 Å². The van der Waals surface area contributed by atoms with Crippen molar-refractivity contribution in [2.45, 2.75) is 6.61 Å². The van der Waals surface area contributed by atoms with Crippen molar-refractivity contribution in [3.63, 3.8) is 0 Å². The maximum atomic E-state index is 6.01. The van der Waals surface area contributed by atoms with Crippen molar-refractivity contribution >= 4 is 16.5 Å². The van der Waals surface area contributed by atoms with Gasteiger partial charge in [0.1, 0.15) is 12.4 Å². The van der Waals surface area contributed by atoms with E-state index in [1.54, 1.807) is 0 Å². The lowest BCUT2D eigenvalue weighted by atomic mass is 10.1. The Morgan fingerprint density at radius 2 is 1.73 bits per heavy atom. The normalized spacial score (nSPS) is 12.5. The highest BCUT2D eigenvalue weighted by Gasteiger charge is 2.13. The third-order valence-electron chi connectivity index (χ3n) is 3.75. The number of hydrogen-bond donors (Lipinski definition) is 1. The Morgan fingerprint density at radius 3 is 2.68 bits per heavy atom. The van der Waals surface area contributed by atoms with Crippen molar-refractivity contribution in [1.29, 1.82) is 0 Å². The lowest BCUT2D eigenvalue weighted by molar-refractivity contribution is 0.174. The second-order valence-corrected chi connectivity index (χ2v) is 5.17. The van der Waals surface area contributed by atoms with E-state index in [0.717, 1.165) is 39.3 Å². The Bertz CT molecular complexity index is 845. The van der Waals surface area contributed by atoms with Crippen LogP contribution in [0.5, 0.6) is 17.2 Å². The number of nitrogen functional groups attached to an aromatic ring is 1. The molecule has 0 aromatic heterocycles. The Hall–Kier alpha value is -2.88. The summed E-state index contributed by atoms with van der Waals surface area (Å²) >= 11 is 0. The summed E-state index contributed by atoms with van der Waals surface area (Å²) in [6.07, 6.45) is 0. The lowest BCUT2D eigenvalue weighted by Crippen LogP contribution is -1.97. The molecule has 110 valence electrons. The van der Waals surface area contributed by atoms with Gasteiger partial charge >= 0.3 is 0 Å². The summed E-state index contributed by atoms with van der Waals surface area (Å²) in [5, 5.41) is 2.02. The molecule has 0 atom stereocenters. The van der Waals surface area contributed by atoms with Crippen molar-refractivity contribution < 1.29 is 14.2 Å². The van der Waals surface area contributed by atoms with Crippen molar-refractivity contribution in [2.24, 2.45) is 0 Å². The van der Waals surface area contributed by atoms with Crippen LogP contribution in [0.25, 0.3) is 10.8 Å². The zero-order chi connectivity index (χ0) is 14.9. The average Bonchev–Trinajstić information content (AvgIpc) is 3.01. The Morgan fingerprint density at radius 1 is 0.909 bits per heavy atom. The summed E-state index contributed by atoms with van der Waals surface area (Å²) in [6.45, 7) is 0.743. The second-order valence-electron chi connectivity index (χ2n) is 5.17. The predicted molar refractivity (Wildman–Crippen MR) is 85.3 cm³/mol. The minimum atomic E-state index is 0.280. The molecule has 0 saturated heterocycles. The zero-order valence-electron chi connectivity index (χ0n) is 11.9. The predicted octanol–water partition coefficient (Wildman–Crippen LogP) is 3.73. The maximum absolute atomic E-state index is 6.01. The first-order valence-electron chi connectivity index (χ1n) is 7.10. The first kappa shape index (κ1) is 12.8. The lowest BCUT2D eigenvalue weighted by Gasteiger charge is -2.11. The summed E-state index contributed by atoms with van der Waals surface area (Å²) in [4.78, 5) is 0. The van der Waals surface area contributed by atoms with E-state index in [1.165, 1.54) is 0 Å². The molecule has 0 spiro atoms. The molecule has 0 bridgehead atoms. The molecule has 0 radical (unpaired) electrons. The van der Waals surface area contributed by atoms with Gasteiger partial charge in [-0.1, -0.05) is 30.3 Å². The van der Waals surface area contributed by atoms with Crippen LogP contribution >= 0.6 is 0 Å². The van der Waals surface area contributed by atoms with Gasteiger partial charge in [-0.05, 0) is 29.8 Å². The van der Waals surface area contributed by atoms with E-state index >= 15 is 0 Å². The molecule has 1 heterocycles.